The lowest BCUT2D eigenvalue weighted by atomic mass is 9.89. The van der Waals surface area contributed by atoms with E-state index in [0.717, 1.165) is 34.1 Å². The third kappa shape index (κ3) is 3.47. The van der Waals surface area contributed by atoms with Gasteiger partial charge in [0.05, 0.1) is 5.92 Å². The van der Waals surface area contributed by atoms with Crippen LogP contribution in [0.4, 0.5) is 5.69 Å². The summed E-state index contributed by atoms with van der Waals surface area (Å²) < 4.78 is 1.01. The van der Waals surface area contributed by atoms with Crippen LogP contribution in [0.1, 0.15) is 36.3 Å². The maximum absolute atomic E-state index is 13.3. The molecule has 25 heavy (non-hydrogen) atoms. The second kappa shape index (κ2) is 6.64. The van der Waals surface area contributed by atoms with E-state index in [2.05, 4.69) is 21.2 Å². The summed E-state index contributed by atoms with van der Waals surface area (Å²) in [6.07, 6.45) is 2.30. The predicted octanol–water partition coefficient (Wildman–Crippen LogP) is 4.07. The molecule has 1 unspecified atom stereocenters. The lowest BCUT2D eigenvalue weighted by Crippen LogP contribution is -2.39. The number of rotatable bonds is 4. The number of amides is 2. The summed E-state index contributed by atoms with van der Waals surface area (Å²) in [5.74, 6) is -0.419. The number of hydrogen-bond donors (Lipinski definition) is 1. The molecule has 2 amide bonds. The molecule has 128 valence electrons. The Morgan fingerprint density at radius 2 is 1.96 bits per heavy atom. The van der Waals surface area contributed by atoms with E-state index in [-0.39, 0.29) is 18.2 Å². The molecule has 1 atom stereocenters. The van der Waals surface area contributed by atoms with Crippen molar-refractivity contribution in [2.45, 2.75) is 37.8 Å². The molecule has 1 aliphatic heterocycles. The van der Waals surface area contributed by atoms with Gasteiger partial charge in [-0.15, -0.1) is 0 Å². The zero-order chi connectivity index (χ0) is 17.4. The quantitative estimate of drug-likeness (QED) is 0.843. The van der Waals surface area contributed by atoms with Gasteiger partial charge in [0.2, 0.25) is 11.8 Å². The van der Waals surface area contributed by atoms with Gasteiger partial charge in [0, 0.05) is 29.2 Å². The van der Waals surface area contributed by atoms with Gasteiger partial charge < -0.3 is 10.2 Å². The summed E-state index contributed by atoms with van der Waals surface area (Å²) in [6, 6.07) is 16.0. The first-order chi connectivity index (χ1) is 12.1. The first kappa shape index (κ1) is 16.3. The molecule has 0 spiro atoms. The normalized spacial score (nSPS) is 19.1. The van der Waals surface area contributed by atoms with E-state index in [4.69, 9.17) is 0 Å². The van der Waals surface area contributed by atoms with E-state index >= 15 is 0 Å². The van der Waals surface area contributed by atoms with Crippen LogP contribution in [0.2, 0.25) is 0 Å². The largest absolute Gasteiger partial charge is 0.335 e. The minimum absolute atomic E-state index is 0.0600. The maximum atomic E-state index is 13.3. The molecule has 0 radical (unpaired) electrons. The van der Waals surface area contributed by atoms with Gasteiger partial charge in [0.1, 0.15) is 0 Å². The smallest absolute Gasteiger partial charge is 0.231 e. The SMILES string of the molecule is O=C1CC(C(=O)N(Cc2cccc(Br)c2)C2CC2)c2ccccc2N1. The summed E-state index contributed by atoms with van der Waals surface area (Å²) in [7, 11) is 0. The van der Waals surface area contributed by atoms with Crippen LogP contribution in [0.3, 0.4) is 0 Å². The summed E-state index contributed by atoms with van der Waals surface area (Å²) >= 11 is 3.49. The van der Waals surface area contributed by atoms with Crippen LogP contribution in [-0.4, -0.2) is 22.8 Å². The predicted molar refractivity (Wildman–Crippen MR) is 100 cm³/mol. The van der Waals surface area contributed by atoms with E-state index in [1.54, 1.807) is 0 Å². The van der Waals surface area contributed by atoms with Gasteiger partial charge in [-0.05, 0) is 42.2 Å². The molecule has 2 aromatic carbocycles. The molecule has 1 heterocycles. The molecule has 0 bridgehead atoms. The maximum Gasteiger partial charge on any atom is 0.231 e. The topological polar surface area (TPSA) is 49.4 Å². The Labute approximate surface area is 155 Å². The van der Waals surface area contributed by atoms with E-state index < -0.39 is 5.92 Å². The average molecular weight is 399 g/mol. The number of benzene rings is 2. The van der Waals surface area contributed by atoms with Gasteiger partial charge >= 0.3 is 0 Å². The molecular weight excluding hydrogens is 380 g/mol. The molecule has 1 N–H and O–H groups in total. The Morgan fingerprint density at radius 1 is 1.16 bits per heavy atom. The molecule has 1 saturated carbocycles. The number of halogens is 1. The number of fused-ring (bicyclic) bond motifs is 1. The van der Waals surface area contributed by atoms with Crippen LogP contribution < -0.4 is 5.32 Å². The van der Waals surface area contributed by atoms with Crippen molar-refractivity contribution in [2.75, 3.05) is 5.32 Å². The Morgan fingerprint density at radius 3 is 2.72 bits per heavy atom. The van der Waals surface area contributed by atoms with Crippen molar-refractivity contribution in [2.24, 2.45) is 0 Å². The molecule has 4 nitrogen and oxygen atoms in total. The molecule has 0 saturated heterocycles. The third-order valence-corrected chi connectivity index (χ3v) is 5.30. The van der Waals surface area contributed by atoms with Gasteiger partial charge in [-0.2, -0.15) is 0 Å². The van der Waals surface area contributed by atoms with Gasteiger partial charge in [-0.1, -0.05) is 46.3 Å². The fourth-order valence-electron chi connectivity index (χ4n) is 3.44. The zero-order valence-electron chi connectivity index (χ0n) is 13.7. The summed E-state index contributed by atoms with van der Waals surface area (Å²) in [5.41, 5.74) is 2.78. The van der Waals surface area contributed by atoms with Crippen LogP contribution in [0.25, 0.3) is 0 Å². The van der Waals surface area contributed by atoms with E-state index in [9.17, 15) is 9.59 Å². The van der Waals surface area contributed by atoms with Crippen molar-refractivity contribution >= 4 is 33.4 Å². The molecule has 5 heteroatoms. The molecule has 4 rings (SSSR count). The number of hydrogen-bond acceptors (Lipinski definition) is 2. The number of para-hydroxylation sites is 1. The highest BCUT2D eigenvalue weighted by Crippen LogP contribution is 2.37. The van der Waals surface area contributed by atoms with E-state index in [1.807, 2.05) is 53.4 Å². The molecule has 2 aliphatic rings. The van der Waals surface area contributed by atoms with Crippen molar-refractivity contribution in [3.05, 3.63) is 64.1 Å². The highest BCUT2D eigenvalue weighted by atomic mass is 79.9. The monoisotopic (exact) mass is 398 g/mol. The van der Waals surface area contributed by atoms with Gasteiger partial charge in [-0.25, -0.2) is 0 Å². The number of carbonyl (C=O) groups excluding carboxylic acids is 2. The van der Waals surface area contributed by atoms with Crippen molar-refractivity contribution in [1.82, 2.24) is 4.90 Å². The molecule has 2 aromatic rings. The van der Waals surface area contributed by atoms with Crippen molar-refractivity contribution in [3.63, 3.8) is 0 Å². The second-order valence-electron chi connectivity index (χ2n) is 6.72. The van der Waals surface area contributed by atoms with Gasteiger partial charge in [0.25, 0.3) is 0 Å². The Balaban J connectivity index is 1.62. The van der Waals surface area contributed by atoms with Gasteiger partial charge in [-0.3, -0.25) is 9.59 Å². The summed E-state index contributed by atoms with van der Waals surface area (Å²) in [5, 5.41) is 2.87. The fraction of sp³-hybridized carbons (Fsp3) is 0.300. The van der Waals surface area contributed by atoms with E-state index in [0.29, 0.717) is 12.6 Å². The van der Waals surface area contributed by atoms with Crippen LogP contribution >= 0.6 is 15.9 Å². The second-order valence-corrected chi connectivity index (χ2v) is 7.64. The number of nitrogens with zero attached hydrogens (tertiary/aromatic N) is 1. The zero-order valence-corrected chi connectivity index (χ0v) is 15.3. The average Bonchev–Trinajstić information content (AvgIpc) is 3.43. The molecule has 1 fully saturated rings. The fourth-order valence-corrected chi connectivity index (χ4v) is 3.88. The lowest BCUT2D eigenvalue weighted by molar-refractivity contribution is -0.136. The summed E-state index contributed by atoms with van der Waals surface area (Å²) in [4.78, 5) is 27.3. The minimum atomic E-state index is -0.391. The van der Waals surface area contributed by atoms with E-state index in [1.165, 1.54) is 0 Å². The Bertz CT molecular complexity index is 832. The highest BCUT2D eigenvalue weighted by molar-refractivity contribution is 9.10. The standard InChI is InChI=1S/C20H19BrN2O2/c21-14-5-3-4-13(10-14)12-23(15-8-9-15)20(25)17-11-19(24)22-18-7-2-1-6-16(17)18/h1-7,10,15,17H,8-9,11-12H2,(H,22,24). The van der Waals surface area contributed by atoms with Crippen LogP contribution in [0.5, 0.6) is 0 Å². The van der Waals surface area contributed by atoms with Crippen LogP contribution in [-0.2, 0) is 16.1 Å². The van der Waals surface area contributed by atoms with Crippen LogP contribution in [0, 0.1) is 0 Å². The highest BCUT2D eigenvalue weighted by Gasteiger charge is 2.39. The van der Waals surface area contributed by atoms with Crippen molar-refractivity contribution < 1.29 is 9.59 Å². The molecular formula is C20H19BrN2O2. The number of anilines is 1. The van der Waals surface area contributed by atoms with Crippen molar-refractivity contribution in [3.8, 4) is 0 Å². The first-order valence-corrected chi connectivity index (χ1v) is 9.35. The van der Waals surface area contributed by atoms with Crippen LogP contribution in [0.15, 0.2) is 53.0 Å². The van der Waals surface area contributed by atoms with Crippen molar-refractivity contribution in [1.29, 1.82) is 0 Å². The third-order valence-electron chi connectivity index (χ3n) is 4.81. The Hall–Kier alpha value is -2.14. The lowest BCUT2D eigenvalue weighted by Gasteiger charge is -2.31. The molecule has 0 aromatic heterocycles. The Kier molecular flexibility index (Phi) is 4.34. The number of carbonyl (C=O) groups is 2. The van der Waals surface area contributed by atoms with Gasteiger partial charge in [0.15, 0.2) is 0 Å². The molecule has 1 aliphatic carbocycles. The first-order valence-electron chi connectivity index (χ1n) is 8.55. The number of nitrogens with one attached hydrogen (secondary N) is 1. The summed E-state index contributed by atoms with van der Waals surface area (Å²) in [6.45, 7) is 0.587. The minimum Gasteiger partial charge on any atom is -0.335 e.